The summed E-state index contributed by atoms with van der Waals surface area (Å²) in [4.78, 5) is 4.45. The van der Waals surface area contributed by atoms with Crippen molar-refractivity contribution in [2.75, 3.05) is 4.72 Å². The summed E-state index contributed by atoms with van der Waals surface area (Å²) in [6, 6.07) is 0.0461. The van der Waals surface area contributed by atoms with E-state index in [4.69, 9.17) is 0 Å². The first-order chi connectivity index (χ1) is 16.1. The number of nitrogens with zero attached hydrogens (tertiary/aromatic N) is 1. The number of fused-ring (bicyclic) bond motifs is 1. The predicted molar refractivity (Wildman–Crippen MR) is 95.3 cm³/mol. The van der Waals surface area contributed by atoms with Crippen LogP contribution in [0.3, 0.4) is 0 Å². The zero-order valence-electron chi connectivity index (χ0n) is 16.8. The van der Waals surface area contributed by atoms with Crippen molar-refractivity contribution in [3.05, 3.63) is 35.0 Å². The number of nitrogens with one attached hydrogen (secondary N) is 2. The van der Waals surface area contributed by atoms with Crippen molar-refractivity contribution < 1.29 is 61.8 Å². The van der Waals surface area contributed by atoms with Gasteiger partial charge in [0.1, 0.15) is 4.90 Å². The molecule has 0 bridgehead atoms. The molecule has 0 radical (unpaired) electrons. The van der Waals surface area contributed by atoms with Crippen LogP contribution >= 0.6 is 0 Å². The first-order valence-corrected chi connectivity index (χ1v) is 10.7. The van der Waals surface area contributed by atoms with Crippen molar-refractivity contribution in [1.82, 2.24) is 9.97 Å². The van der Waals surface area contributed by atoms with E-state index in [9.17, 15) is 52.3 Å². The van der Waals surface area contributed by atoms with Crippen molar-refractivity contribution in [2.24, 2.45) is 0 Å². The van der Waals surface area contributed by atoms with Crippen LogP contribution in [0.15, 0.2) is 17.2 Å². The number of aromatic amines is 1. The molecule has 7 nitrogen and oxygen atoms in total. The number of ether oxygens (including phenoxy) is 2. The molecule has 0 amide bonds. The highest BCUT2D eigenvalue weighted by Gasteiger charge is 2.59. The van der Waals surface area contributed by atoms with E-state index < -0.39 is 94.4 Å². The van der Waals surface area contributed by atoms with Crippen LogP contribution in [0.5, 0.6) is 5.75 Å². The summed E-state index contributed by atoms with van der Waals surface area (Å²) in [5.74, 6) is -4.37. The summed E-state index contributed by atoms with van der Waals surface area (Å²) < 4.78 is 165. The van der Waals surface area contributed by atoms with Gasteiger partial charge in [-0.2, -0.15) is 30.7 Å². The molecular weight excluding hydrogens is 532 g/mol. The third-order valence-corrected chi connectivity index (χ3v) is 6.43. The maximum atomic E-state index is 14.2. The van der Waals surface area contributed by atoms with Gasteiger partial charge in [0.2, 0.25) is 0 Å². The first-order valence-electron chi connectivity index (χ1n) is 9.24. The van der Waals surface area contributed by atoms with Crippen LogP contribution in [0, 0.1) is 5.82 Å². The van der Waals surface area contributed by atoms with Gasteiger partial charge in [-0.15, -0.1) is 0 Å². The largest absolute Gasteiger partial charge is 0.433 e. The van der Waals surface area contributed by atoms with Crippen molar-refractivity contribution in [1.29, 1.82) is 0 Å². The van der Waals surface area contributed by atoms with E-state index in [2.05, 4.69) is 19.4 Å². The van der Waals surface area contributed by atoms with Gasteiger partial charge in [0.15, 0.2) is 28.7 Å². The summed E-state index contributed by atoms with van der Waals surface area (Å²) in [7, 11) is -4.90. The lowest BCUT2D eigenvalue weighted by atomic mass is 9.83. The lowest BCUT2D eigenvalue weighted by molar-refractivity contribution is -0.330. The molecule has 0 fully saturated rings. The van der Waals surface area contributed by atoms with Crippen molar-refractivity contribution >= 4 is 15.8 Å². The van der Waals surface area contributed by atoms with Gasteiger partial charge in [-0.05, 0) is 18.4 Å². The number of rotatable bonds is 8. The topological polar surface area (TPSA) is 93.3 Å². The fourth-order valence-electron chi connectivity index (χ4n) is 3.51. The molecule has 0 aromatic carbocycles. The van der Waals surface area contributed by atoms with Gasteiger partial charge in [-0.3, -0.25) is 4.72 Å². The minimum Gasteiger partial charge on any atom is -0.433 e. The minimum absolute atomic E-state index is 0.0461. The van der Waals surface area contributed by atoms with Gasteiger partial charge in [-0.1, -0.05) is 0 Å². The number of sulfonamides is 1. The Labute approximate surface area is 189 Å². The smallest absolute Gasteiger partial charge is 0.418 e. The highest BCUT2D eigenvalue weighted by molar-refractivity contribution is 7.92. The Balaban J connectivity index is 1.95. The average Bonchev–Trinajstić information content (AvgIpc) is 3.11. The van der Waals surface area contributed by atoms with E-state index in [1.807, 2.05) is 0 Å². The van der Waals surface area contributed by atoms with Crippen molar-refractivity contribution in [2.45, 2.75) is 55.6 Å². The molecular formula is C17H13F10N3O4S. The van der Waals surface area contributed by atoms with Gasteiger partial charge in [0.05, 0.1) is 0 Å². The molecule has 0 spiro atoms. The van der Waals surface area contributed by atoms with E-state index in [-0.39, 0.29) is 11.6 Å². The highest BCUT2D eigenvalue weighted by atomic mass is 32.2. The van der Waals surface area contributed by atoms with E-state index in [0.717, 1.165) is 0 Å². The zero-order chi connectivity index (χ0) is 26.3. The summed E-state index contributed by atoms with van der Waals surface area (Å²) in [6.45, 7) is -7.41. The quantitative estimate of drug-likeness (QED) is 0.460. The first kappa shape index (κ1) is 26.8. The van der Waals surface area contributed by atoms with Crippen LogP contribution < -0.4 is 9.46 Å². The number of H-pyrrole nitrogens is 1. The summed E-state index contributed by atoms with van der Waals surface area (Å²) in [5.41, 5.74) is -5.52. The number of halogens is 10. The zero-order valence-corrected chi connectivity index (χ0v) is 17.6. The minimum atomic E-state index is -5.25. The maximum Gasteiger partial charge on any atom is 0.418 e. The Morgan fingerprint density at radius 3 is 2.31 bits per heavy atom. The van der Waals surface area contributed by atoms with Gasteiger partial charge >= 0.3 is 19.4 Å². The van der Waals surface area contributed by atoms with Crippen LogP contribution in [-0.2, 0) is 27.6 Å². The van der Waals surface area contributed by atoms with Crippen LogP contribution in [0.25, 0.3) is 0 Å². The standard InChI is InChI=1S/C17H13F10N3O4S/c18-7-3-9(33-14(21)22)11(12(19)20)29-13(7)30-35(31,32)10-5-28-8-4-16(17(25,26)27,34-15(23)24)2-1-6(8)10/h3,5,12,14-15,28H,1-2,4H2,(H,29,30)/t16-/m0/s1. The fourth-order valence-corrected chi connectivity index (χ4v) is 4.79. The number of hydrogen-bond donors (Lipinski definition) is 2. The number of alkyl halides is 9. The summed E-state index contributed by atoms with van der Waals surface area (Å²) >= 11 is 0. The molecule has 0 saturated carbocycles. The van der Waals surface area contributed by atoms with E-state index in [1.165, 1.54) is 4.72 Å². The molecule has 0 saturated heterocycles. The number of pyridine rings is 1. The molecule has 1 atom stereocenters. The summed E-state index contributed by atoms with van der Waals surface area (Å²) in [6.07, 6.45) is -11.2. The van der Waals surface area contributed by atoms with Gasteiger partial charge in [-0.25, -0.2) is 26.6 Å². The van der Waals surface area contributed by atoms with E-state index >= 15 is 0 Å². The van der Waals surface area contributed by atoms with E-state index in [1.54, 1.807) is 0 Å². The SMILES string of the molecule is O=S(=O)(Nc1nc(C(F)F)c(OC(F)F)cc1F)c1c[nH]c2c1CC[C@@](OC(F)F)(C(F)(F)F)C2. The molecule has 0 unspecified atom stereocenters. The molecule has 2 aromatic rings. The molecule has 2 aromatic heterocycles. The summed E-state index contributed by atoms with van der Waals surface area (Å²) in [5, 5.41) is 0. The Kier molecular flexibility index (Phi) is 7.18. The second kappa shape index (κ2) is 9.36. The second-order valence-corrected chi connectivity index (χ2v) is 8.80. The molecule has 3 rings (SSSR count). The molecule has 0 aliphatic heterocycles. The Morgan fingerprint density at radius 1 is 1.11 bits per heavy atom. The van der Waals surface area contributed by atoms with Gasteiger partial charge in [0, 0.05) is 24.4 Å². The number of anilines is 1. The lowest BCUT2D eigenvalue weighted by Gasteiger charge is -2.38. The molecule has 2 N–H and O–H groups in total. The van der Waals surface area contributed by atoms with Crippen LogP contribution in [-0.4, -0.2) is 43.4 Å². The highest BCUT2D eigenvalue weighted by Crippen LogP contribution is 2.45. The predicted octanol–water partition coefficient (Wildman–Crippen LogP) is 4.92. The molecule has 18 heteroatoms. The average molecular weight is 545 g/mol. The Hall–Kier alpha value is -2.76. The molecule has 1 aliphatic rings. The van der Waals surface area contributed by atoms with Gasteiger partial charge in [0.25, 0.3) is 16.4 Å². The second-order valence-electron chi connectivity index (χ2n) is 7.14. The van der Waals surface area contributed by atoms with Gasteiger partial charge < -0.3 is 14.5 Å². The third kappa shape index (κ3) is 5.41. The monoisotopic (exact) mass is 545 g/mol. The van der Waals surface area contributed by atoms with Crippen molar-refractivity contribution in [3.8, 4) is 5.75 Å². The molecule has 1 aliphatic carbocycles. The van der Waals surface area contributed by atoms with Crippen molar-refractivity contribution in [3.63, 3.8) is 0 Å². The molecule has 2 heterocycles. The van der Waals surface area contributed by atoms with Crippen LogP contribution in [0.1, 0.15) is 29.8 Å². The normalized spacial score (nSPS) is 18.9. The third-order valence-electron chi connectivity index (χ3n) is 5.02. The molecule has 35 heavy (non-hydrogen) atoms. The Morgan fingerprint density at radius 2 is 1.77 bits per heavy atom. The number of hydrogen-bond acceptors (Lipinski definition) is 5. The maximum absolute atomic E-state index is 14.2. The lowest BCUT2D eigenvalue weighted by Crippen LogP contribution is -2.52. The van der Waals surface area contributed by atoms with Crippen LogP contribution in [0.4, 0.5) is 49.7 Å². The molecule has 196 valence electrons. The number of aromatic nitrogens is 2. The fraction of sp³-hybridized carbons (Fsp3) is 0.471. The van der Waals surface area contributed by atoms with Crippen LogP contribution in [0.2, 0.25) is 0 Å². The Bertz CT molecular complexity index is 1190. The van der Waals surface area contributed by atoms with E-state index in [0.29, 0.717) is 6.20 Å².